The zero-order chi connectivity index (χ0) is 24.1. The van der Waals surface area contributed by atoms with Crippen LogP contribution in [0.15, 0.2) is 33.5 Å². The molecule has 174 valence electrons. The minimum Gasteiger partial charge on any atom is -0.444 e. The van der Waals surface area contributed by atoms with Crippen molar-refractivity contribution in [3.8, 4) is 5.69 Å². The number of hydrogen-bond acceptors (Lipinski definition) is 7. The molecule has 10 nitrogen and oxygen atoms in total. The number of piperazine rings is 1. The third-order valence-electron chi connectivity index (χ3n) is 5.41. The van der Waals surface area contributed by atoms with Gasteiger partial charge in [-0.15, -0.1) is 0 Å². The summed E-state index contributed by atoms with van der Waals surface area (Å²) in [6.07, 6.45) is -0.328. The van der Waals surface area contributed by atoms with Crippen LogP contribution in [-0.2, 0) is 4.74 Å². The Balaban J connectivity index is 1.56. The van der Waals surface area contributed by atoms with Crippen molar-refractivity contribution in [2.24, 2.45) is 0 Å². The highest BCUT2D eigenvalue weighted by Gasteiger charge is 2.32. The van der Waals surface area contributed by atoms with E-state index in [2.05, 4.69) is 26.1 Å². The Kier molecular flexibility index (Phi) is 5.69. The number of imide groups is 1. The van der Waals surface area contributed by atoms with Gasteiger partial charge in [0.15, 0.2) is 0 Å². The van der Waals surface area contributed by atoms with Crippen LogP contribution >= 0.6 is 15.9 Å². The smallest absolute Gasteiger partial charge is 0.410 e. The van der Waals surface area contributed by atoms with Gasteiger partial charge < -0.3 is 20.3 Å². The van der Waals surface area contributed by atoms with E-state index < -0.39 is 23.0 Å². The van der Waals surface area contributed by atoms with Gasteiger partial charge in [0, 0.05) is 36.7 Å². The Morgan fingerprint density at radius 2 is 1.73 bits per heavy atom. The molecule has 2 aliphatic rings. The Hall–Kier alpha value is -3.34. The maximum absolute atomic E-state index is 12.7. The van der Waals surface area contributed by atoms with E-state index in [0.717, 1.165) is 16.2 Å². The van der Waals surface area contributed by atoms with Crippen molar-refractivity contribution in [3.05, 3.63) is 50.2 Å². The monoisotopic (exact) mass is 517 g/mol. The van der Waals surface area contributed by atoms with Crippen molar-refractivity contribution < 1.29 is 19.1 Å². The maximum atomic E-state index is 12.7. The van der Waals surface area contributed by atoms with E-state index in [-0.39, 0.29) is 23.0 Å². The number of fused-ring (bicyclic) bond motifs is 1. The quantitative estimate of drug-likeness (QED) is 0.584. The topological polar surface area (TPSA) is 127 Å². The Morgan fingerprint density at radius 1 is 1.06 bits per heavy atom. The highest BCUT2D eigenvalue weighted by Crippen LogP contribution is 2.31. The summed E-state index contributed by atoms with van der Waals surface area (Å²) >= 11 is 3.56. The minimum atomic E-state index is -0.631. The van der Waals surface area contributed by atoms with Gasteiger partial charge in [0.1, 0.15) is 11.4 Å². The number of ether oxygens (including phenoxy) is 1. The summed E-state index contributed by atoms with van der Waals surface area (Å²) < 4.78 is 7.36. The summed E-state index contributed by atoms with van der Waals surface area (Å²) in [5.41, 5.74) is 6.39. The largest absolute Gasteiger partial charge is 0.444 e. The predicted octanol–water partition coefficient (Wildman–Crippen LogP) is 2.12. The van der Waals surface area contributed by atoms with Crippen molar-refractivity contribution in [3.63, 3.8) is 0 Å². The average molecular weight is 518 g/mol. The molecule has 0 bridgehead atoms. The molecule has 3 N–H and O–H groups in total. The van der Waals surface area contributed by atoms with Crippen LogP contribution in [0, 0.1) is 0 Å². The van der Waals surface area contributed by atoms with Crippen LogP contribution in [0.2, 0.25) is 0 Å². The third kappa shape index (κ3) is 4.32. The molecule has 0 saturated carbocycles. The van der Waals surface area contributed by atoms with Crippen molar-refractivity contribution in [1.82, 2.24) is 14.8 Å². The molecule has 1 fully saturated rings. The second kappa shape index (κ2) is 8.22. The lowest BCUT2D eigenvalue weighted by atomic mass is 10.1. The Labute approximate surface area is 198 Å². The van der Waals surface area contributed by atoms with Crippen molar-refractivity contribution in [2.75, 3.05) is 36.8 Å². The number of amides is 3. The number of aromatic nitrogens is 1. The first-order valence-corrected chi connectivity index (χ1v) is 11.2. The van der Waals surface area contributed by atoms with Crippen LogP contribution in [-0.4, -0.2) is 59.2 Å². The number of pyridine rings is 1. The van der Waals surface area contributed by atoms with Crippen molar-refractivity contribution in [1.29, 1.82) is 0 Å². The zero-order valence-electron chi connectivity index (χ0n) is 18.5. The number of nitrogen functional groups attached to an aromatic ring is 1. The summed E-state index contributed by atoms with van der Waals surface area (Å²) in [5, 5.41) is 2.15. The van der Waals surface area contributed by atoms with E-state index in [4.69, 9.17) is 10.5 Å². The van der Waals surface area contributed by atoms with Crippen LogP contribution < -0.4 is 21.5 Å². The number of carbonyl (C=O) groups excluding carboxylic acids is 3. The second-order valence-electron chi connectivity index (χ2n) is 8.87. The zero-order valence-corrected chi connectivity index (χ0v) is 20.1. The molecule has 4 rings (SSSR count). The molecule has 11 heteroatoms. The number of rotatable bonds is 2. The number of halogens is 1. The van der Waals surface area contributed by atoms with Crippen LogP contribution in [0.5, 0.6) is 0 Å². The number of benzene rings is 1. The summed E-state index contributed by atoms with van der Waals surface area (Å²) in [4.78, 5) is 52.7. The third-order valence-corrected chi connectivity index (χ3v) is 6.05. The maximum Gasteiger partial charge on any atom is 0.410 e. The highest BCUT2D eigenvalue weighted by molar-refractivity contribution is 9.10. The summed E-state index contributed by atoms with van der Waals surface area (Å²) in [7, 11) is 0. The average Bonchev–Trinajstić information content (AvgIpc) is 3.00. The van der Waals surface area contributed by atoms with Gasteiger partial charge in [-0.3, -0.25) is 24.3 Å². The first-order valence-electron chi connectivity index (χ1n) is 10.4. The molecule has 0 spiro atoms. The molecule has 33 heavy (non-hydrogen) atoms. The number of nitrogens with zero attached hydrogens (tertiary/aromatic N) is 3. The molecule has 0 radical (unpaired) electrons. The molecule has 0 atom stereocenters. The van der Waals surface area contributed by atoms with E-state index in [1.54, 1.807) is 17.0 Å². The molecule has 1 saturated heterocycles. The summed E-state index contributed by atoms with van der Waals surface area (Å²) in [6.45, 7) is 7.77. The number of anilines is 2. The molecule has 3 amide bonds. The van der Waals surface area contributed by atoms with E-state index >= 15 is 0 Å². The van der Waals surface area contributed by atoms with Crippen LogP contribution in [0.1, 0.15) is 41.5 Å². The normalized spacial score (nSPS) is 16.0. The standard InChI is InChI=1S/C22H24BrN5O5/c1-22(2,3)33-21(32)27-8-6-26(7-9-27)15-5-4-12(10-14(15)23)28-16(29)11-13-17(18(28)24)20(31)25-19(13)30/h4-5,10-11H,6-9,24H2,1-3H3,(H,25,30,31). The van der Waals surface area contributed by atoms with Crippen LogP contribution in [0.25, 0.3) is 5.69 Å². The van der Waals surface area contributed by atoms with Gasteiger partial charge in [0.25, 0.3) is 17.4 Å². The van der Waals surface area contributed by atoms with Crippen LogP contribution in [0.3, 0.4) is 0 Å². The molecule has 2 aromatic rings. The molecule has 2 aliphatic heterocycles. The van der Waals surface area contributed by atoms with E-state index in [0.29, 0.717) is 31.9 Å². The molecule has 3 heterocycles. The lowest BCUT2D eigenvalue weighted by Gasteiger charge is -2.37. The fourth-order valence-corrected chi connectivity index (χ4v) is 4.51. The van der Waals surface area contributed by atoms with Crippen molar-refractivity contribution >= 4 is 45.3 Å². The Morgan fingerprint density at radius 3 is 2.33 bits per heavy atom. The molecule has 1 aromatic carbocycles. The van der Waals surface area contributed by atoms with Gasteiger partial charge in [-0.25, -0.2) is 4.79 Å². The first-order chi connectivity index (χ1) is 15.5. The predicted molar refractivity (Wildman–Crippen MR) is 126 cm³/mol. The summed E-state index contributed by atoms with van der Waals surface area (Å²) in [6, 6.07) is 6.41. The van der Waals surface area contributed by atoms with Gasteiger partial charge in [-0.1, -0.05) is 0 Å². The first kappa shape index (κ1) is 22.8. The number of carbonyl (C=O) groups is 3. The van der Waals surface area contributed by atoms with E-state index in [9.17, 15) is 19.2 Å². The molecule has 0 aliphatic carbocycles. The highest BCUT2D eigenvalue weighted by atomic mass is 79.9. The lowest BCUT2D eigenvalue weighted by molar-refractivity contribution is 0.0240. The van der Waals surface area contributed by atoms with Gasteiger partial charge in [-0.2, -0.15) is 0 Å². The fraction of sp³-hybridized carbons (Fsp3) is 0.364. The fourth-order valence-electron chi connectivity index (χ4n) is 3.89. The van der Waals surface area contributed by atoms with Gasteiger partial charge >= 0.3 is 6.09 Å². The van der Waals surface area contributed by atoms with Crippen molar-refractivity contribution in [2.45, 2.75) is 26.4 Å². The number of nitrogens with one attached hydrogen (secondary N) is 1. The van der Waals surface area contributed by atoms with E-state index in [1.807, 2.05) is 26.8 Å². The number of nitrogens with two attached hydrogens (primary N) is 1. The van der Waals surface area contributed by atoms with E-state index in [1.165, 1.54) is 4.57 Å². The lowest BCUT2D eigenvalue weighted by Crippen LogP contribution is -2.50. The van der Waals surface area contributed by atoms with Gasteiger partial charge in [0.05, 0.1) is 22.5 Å². The number of hydrogen-bond donors (Lipinski definition) is 2. The minimum absolute atomic E-state index is 0.00179. The Bertz CT molecular complexity index is 1220. The van der Waals surface area contributed by atoms with Crippen LogP contribution in [0.4, 0.5) is 16.3 Å². The SMILES string of the molecule is CC(C)(C)OC(=O)N1CCN(c2ccc(-n3c(N)c4c(cc3=O)C(=O)NC4=O)cc2Br)CC1. The summed E-state index contributed by atoms with van der Waals surface area (Å²) in [5.74, 6) is -1.35. The molecular weight excluding hydrogens is 494 g/mol. The van der Waals surface area contributed by atoms with Gasteiger partial charge in [-0.05, 0) is 54.9 Å². The molecular formula is C22H24BrN5O5. The molecule has 1 aromatic heterocycles. The molecule has 0 unspecified atom stereocenters. The van der Waals surface area contributed by atoms with Gasteiger partial charge in [0.2, 0.25) is 0 Å². The second-order valence-corrected chi connectivity index (χ2v) is 9.72.